The second kappa shape index (κ2) is 18.3. The molecule has 0 saturated carbocycles. The molecule has 0 amide bonds. The van der Waals surface area contributed by atoms with Gasteiger partial charge in [0.25, 0.3) is 0 Å². The van der Waals surface area contributed by atoms with Crippen LogP contribution in [-0.4, -0.2) is 0 Å². The fraction of sp³-hybridized carbons (Fsp3) is 1.00. The summed E-state index contributed by atoms with van der Waals surface area (Å²) in [6.45, 7) is 9.35. The largest absolute Gasteiger partial charge is 0.0654 e. The second-order valence-electron chi connectivity index (χ2n) is 7.94. The maximum atomic E-state index is 2.34. The summed E-state index contributed by atoms with van der Waals surface area (Å²) < 4.78 is 0. The molecule has 0 saturated heterocycles. The van der Waals surface area contributed by atoms with Crippen molar-refractivity contribution in [2.24, 2.45) is 11.8 Å². The average Bonchev–Trinajstić information content (AvgIpc) is 2.57. The zero-order valence-corrected chi connectivity index (χ0v) is 17.2. The van der Waals surface area contributed by atoms with E-state index in [0.29, 0.717) is 0 Å². The van der Waals surface area contributed by atoms with Crippen LogP contribution in [0, 0.1) is 11.8 Å². The first-order valence-electron chi connectivity index (χ1n) is 11.3. The normalized spacial score (nSPS) is 11.7. The van der Waals surface area contributed by atoms with Crippen LogP contribution >= 0.6 is 0 Å². The summed E-state index contributed by atoms with van der Waals surface area (Å²) in [5.74, 6) is 2.07. The predicted molar refractivity (Wildman–Crippen MR) is 108 cm³/mol. The van der Waals surface area contributed by atoms with E-state index in [4.69, 9.17) is 0 Å². The van der Waals surface area contributed by atoms with Crippen LogP contribution in [0.2, 0.25) is 0 Å². The second-order valence-corrected chi connectivity index (χ2v) is 7.94. The average molecular weight is 325 g/mol. The highest BCUT2D eigenvalue weighted by atomic mass is 14.2. The van der Waals surface area contributed by atoms with E-state index in [-0.39, 0.29) is 0 Å². The van der Waals surface area contributed by atoms with E-state index in [0.717, 1.165) is 11.8 Å². The minimum atomic E-state index is 1.03. The van der Waals surface area contributed by atoms with Crippen molar-refractivity contribution in [3.63, 3.8) is 0 Å². The molecule has 0 heteroatoms. The molecular formula is C23H48. The van der Waals surface area contributed by atoms with Crippen LogP contribution in [0.25, 0.3) is 0 Å². The van der Waals surface area contributed by atoms with Crippen LogP contribution in [0.1, 0.15) is 137 Å². The van der Waals surface area contributed by atoms with Crippen LogP contribution < -0.4 is 0 Å². The van der Waals surface area contributed by atoms with Gasteiger partial charge in [-0.15, -0.1) is 0 Å². The molecule has 0 radical (unpaired) electrons. The highest BCUT2D eigenvalue weighted by Crippen LogP contribution is 2.25. The summed E-state index contributed by atoms with van der Waals surface area (Å²) in [4.78, 5) is 0. The van der Waals surface area contributed by atoms with Gasteiger partial charge in [-0.3, -0.25) is 0 Å². The fourth-order valence-electron chi connectivity index (χ4n) is 3.88. The molecule has 0 aliphatic carbocycles. The van der Waals surface area contributed by atoms with Gasteiger partial charge in [-0.2, -0.15) is 0 Å². The molecule has 0 aromatic heterocycles. The molecular weight excluding hydrogens is 276 g/mol. The molecule has 0 unspecified atom stereocenters. The summed E-state index contributed by atoms with van der Waals surface area (Å²) >= 11 is 0. The molecule has 0 aromatic carbocycles. The quantitative estimate of drug-likeness (QED) is 0.221. The third-order valence-corrected chi connectivity index (χ3v) is 5.59. The minimum absolute atomic E-state index is 1.03. The lowest BCUT2D eigenvalue weighted by molar-refractivity contribution is 0.355. The van der Waals surface area contributed by atoms with Gasteiger partial charge in [0.15, 0.2) is 0 Å². The number of hydrogen-bond donors (Lipinski definition) is 0. The van der Waals surface area contributed by atoms with E-state index in [1.54, 1.807) is 0 Å². The maximum Gasteiger partial charge on any atom is -0.0414 e. The van der Waals surface area contributed by atoms with Crippen molar-refractivity contribution in [3.8, 4) is 0 Å². The summed E-state index contributed by atoms with van der Waals surface area (Å²) in [5.41, 5.74) is 0. The molecule has 0 aliphatic rings. The number of unbranched alkanes of at least 4 members (excludes halogenated alkanes) is 6. The number of rotatable bonds is 18. The van der Waals surface area contributed by atoms with Gasteiger partial charge in [0.1, 0.15) is 0 Å². The Morgan fingerprint density at radius 2 is 0.609 bits per heavy atom. The van der Waals surface area contributed by atoms with Crippen LogP contribution in [0.4, 0.5) is 0 Å². The van der Waals surface area contributed by atoms with Crippen molar-refractivity contribution in [1.82, 2.24) is 0 Å². The maximum absolute atomic E-state index is 2.34. The van der Waals surface area contributed by atoms with Crippen molar-refractivity contribution in [3.05, 3.63) is 0 Å². The zero-order valence-electron chi connectivity index (χ0n) is 17.2. The monoisotopic (exact) mass is 324 g/mol. The SMILES string of the molecule is CCCCC(CCCC)CCCCCC(CCCC)CCCC. The standard InChI is InChI=1S/C23H48/c1-5-9-16-22(17-10-6-2)20-14-13-15-21-23(18-11-7-3)19-12-8-4/h22-23H,5-21H2,1-4H3. The van der Waals surface area contributed by atoms with Crippen molar-refractivity contribution >= 4 is 0 Å². The lowest BCUT2D eigenvalue weighted by Gasteiger charge is -2.18. The zero-order chi connectivity index (χ0) is 17.2. The van der Waals surface area contributed by atoms with E-state index in [1.165, 1.54) is 109 Å². The van der Waals surface area contributed by atoms with Crippen molar-refractivity contribution in [1.29, 1.82) is 0 Å². The predicted octanol–water partition coefficient (Wildman–Crippen LogP) is 8.93. The molecule has 0 atom stereocenters. The van der Waals surface area contributed by atoms with Gasteiger partial charge >= 0.3 is 0 Å². The van der Waals surface area contributed by atoms with Crippen LogP contribution in [0.3, 0.4) is 0 Å². The van der Waals surface area contributed by atoms with E-state index in [9.17, 15) is 0 Å². The van der Waals surface area contributed by atoms with Crippen molar-refractivity contribution in [2.75, 3.05) is 0 Å². The van der Waals surface area contributed by atoms with Crippen LogP contribution in [-0.2, 0) is 0 Å². The van der Waals surface area contributed by atoms with E-state index in [2.05, 4.69) is 27.7 Å². The summed E-state index contributed by atoms with van der Waals surface area (Å²) in [5, 5.41) is 0. The Hall–Kier alpha value is 0. The summed E-state index contributed by atoms with van der Waals surface area (Å²) in [6, 6.07) is 0. The third-order valence-electron chi connectivity index (χ3n) is 5.59. The molecule has 0 rings (SSSR count). The van der Waals surface area contributed by atoms with E-state index in [1.807, 2.05) is 0 Å². The smallest absolute Gasteiger partial charge is 0.0414 e. The number of hydrogen-bond acceptors (Lipinski definition) is 0. The van der Waals surface area contributed by atoms with Crippen LogP contribution in [0.5, 0.6) is 0 Å². The summed E-state index contributed by atoms with van der Waals surface area (Å²) in [6.07, 6.45) is 24.8. The van der Waals surface area contributed by atoms with Gasteiger partial charge in [-0.05, 0) is 11.8 Å². The summed E-state index contributed by atoms with van der Waals surface area (Å²) in [7, 11) is 0. The van der Waals surface area contributed by atoms with Gasteiger partial charge in [0.2, 0.25) is 0 Å². The van der Waals surface area contributed by atoms with Gasteiger partial charge in [-0.25, -0.2) is 0 Å². The van der Waals surface area contributed by atoms with Gasteiger partial charge in [0, 0.05) is 0 Å². The molecule has 0 heterocycles. The van der Waals surface area contributed by atoms with E-state index < -0.39 is 0 Å². The first-order chi connectivity index (χ1) is 11.3. The molecule has 0 N–H and O–H groups in total. The fourth-order valence-corrected chi connectivity index (χ4v) is 3.88. The van der Waals surface area contributed by atoms with Gasteiger partial charge < -0.3 is 0 Å². The topological polar surface area (TPSA) is 0 Å². The van der Waals surface area contributed by atoms with Gasteiger partial charge in [-0.1, -0.05) is 137 Å². The molecule has 0 nitrogen and oxygen atoms in total. The molecule has 0 aromatic rings. The van der Waals surface area contributed by atoms with Crippen LogP contribution in [0.15, 0.2) is 0 Å². The van der Waals surface area contributed by atoms with Crippen molar-refractivity contribution in [2.45, 2.75) is 137 Å². The first kappa shape index (κ1) is 23.0. The first-order valence-corrected chi connectivity index (χ1v) is 11.3. The Kier molecular flexibility index (Phi) is 18.3. The Bertz CT molecular complexity index is 170. The Morgan fingerprint density at radius 1 is 0.348 bits per heavy atom. The Morgan fingerprint density at radius 3 is 0.870 bits per heavy atom. The Balaban J connectivity index is 3.81. The molecule has 23 heavy (non-hydrogen) atoms. The molecule has 0 spiro atoms. The molecule has 140 valence electrons. The van der Waals surface area contributed by atoms with Gasteiger partial charge in [0.05, 0.1) is 0 Å². The van der Waals surface area contributed by atoms with E-state index >= 15 is 0 Å². The minimum Gasteiger partial charge on any atom is -0.0654 e. The third kappa shape index (κ3) is 15.3. The molecule has 0 bridgehead atoms. The highest BCUT2D eigenvalue weighted by molar-refractivity contribution is 4.63. The highest BCUT2D eigenvalue weighted by Gasteiger charge is 2.10. The lowest BCUT2D eigenvalue weighted by Crippen LogP contribution is -2.03. The molecule has 0 fully saturated rings. The lowest BCUT2D eigenvalue weighted by atomic mass is 9.88. The Labute approximate surface area is 149 Å². The van der Waals surface area contributed by atoms with Crippen molar-refractivity contribution < 1.29 is 0 Å². The molecule has 0 aliphatic heterocycles.